The summed E-state index contributed by atoms with van der Waals surface area (Å²) in [5.74, 6) is -0.257. The standard InChI is InChI=1S/C33H41N5O6S/c1-20(2)16-26-27-19-37(14-15-38(26)32(40)44-33(5,6)7)30(39)23-12-9-13-24(17-23)45(41,42)36-31-34-25(18-28(35-31)43-27)29-21(3)10-8-11-22(29)4/h8-13,17-18,20,26-27H,14-16,19H2,1-7H3,(H,34,35,36)/t26-,27+/m0/s1. The zero-order chi connectivity index (χ0) is 32.7. The second-order valence-electron chi connectivity index (χ2n) is 13.1. The first-order valence-corrected chi connectivity index (χ1v) is 16.6. The number of benzene rings is 2. The third-order valence-electron chi connectivity index (χ3n) is 7.80. The molecule has 3 heterocycles. The number of aromatic nitrogens is 2. The fourth-order valence-corrected chi connectivity index (χ4v) is 6.81. The first-order valence-electron chi connectivity index (χ1n) is 15.2. The van der Waals surface area contributed by atoms with Crippen molar-refractivity contribution in [3.05, 3.63) is 65.2 Å². The van der Waals surface area contributed by atoms with Crippen molar-refractivity contribution in [1.29, 1.82) is 0 Å². The number of carbonyl (C=O) groups is 2. The Morgan fingerprint density at radius 2 is 1.76 bits per heavy atom. The average Bonchev–Trinajstić information content (AvgIpc) is 3.10. The zero-order valence-electron chi connectivity index (χ0n) is 26.8. The molecule has 5 rings (SSSR count). The summed E-state index contributed by atoms with van der Waals surface area (Å²) in [5.41, 5.74) is 2.66. The van der Waals surface area contributed by atoms with Gasteiger partial charge in [-0.15, -0.1) is 0 Å². The number of amides is 2. The Bertz CT molecular complexity index is 1700. The van der Waals surface area contributed by atoms with Crippen molar-refractivity contribution in [3.63, 3.8) is 0 Å². The quantitative estimate of drug-likeness (QED) is 0.403. The van der Waals surface area contributed by atoms with E-state index in [-0.39, 0.29) is 53.7 Å². The van der Waals surface area contributed by atoms with E-state index in [0.29, 0.717) is 12.1 Å². The largest absolute Gasteiger partial charge is 0.470 e. The highest BCUT2D eigenvalue weighted by atomic mass is 32.2. The number of hydrogen-bond acceptors (Lipinski definition) is 8. The lowest BCUT2D eigenvalue weighted by Gasteiger charge is -2.36. The molecule has 1 N–H and O–H groups in total. The van der Waals surface area contributed by atoms with Gasteiger partial charge in [0.25, 0.3) is 15.9 Å². The Morgan fingerprint density at radius 3 is 2.42 bits per heavy atom. The van der Waals surface area contributed by atoms with E-state index >= 15 is 0 Å². The minimum absolute atomic E-state index is 0.101. The molecule has 6 bridgehead atoms. The van der Waals surface area contributed by atoms with Gasteiger partial charge >= 0.3 is 6.09 Å². The lowest BCUT2D eigenvalue weighted by molar-refractivity contribution is -0.000141. The van der Waals surface area contributed by atoms with Gasteiger partial charge in [0.2, 0.25) is 11.8 Å². The predicted octanol–water partition coefficient (Wildman–Crippen LogP) is 5.43. The minimum Gasteiger partial charge on any atom is -0.470 e. The van der Waals surface area contributed by atoms with Crippen LogP contribution in [0.1, 0.15) is 62.5 Å². The first kappa shape index (κ1) is 32.2. The molecule has 2 amide bonds. The van der Waals surface area contributed by atoms with Crippen LogP contribution >= 0.6 is 0 Å². The molecule has 0 aliphatic carbocycles. The van der Waals surface area contributed by atoms with E-state index in [0.717, 1.165) is 16.7 Å². The van der Waals surface area contributed by atoms with Crippen LogP contribution in [0.5, 0.6) is 5.88 Å². The number of nitrogens with zero attached hydrogens (tertiary/aromatic N) is 4. The molecule has 2 aliphatic heterocycles. The average molecular weight is 636 g/mol. The molecule has 0 unspecified atom stereocenters. The van der Waals surface area contributed by atoms with Gasteiger partial charge in [-0.2, -0.15) is 4.98 Å². The minimum atomic E-state index is -4.17. The van der Waals surface area contributed by atoms with Gasteiger partial charge in [-0.25, -0.2) is 22.9 Å². The van der Waals surface area contributed by atoms with Crippen molar-refractivity contribution in [3.8, 4) is 17.1 Å². The molecule has 0 radical (unpaired) electrons. The van der Waals surface area contributed by atoms with E-state index in [4.69, 9.17) is 9.47 Å². The van der Waals surface area contributed by atoms with Crippen LogP contribution in [-0.2, 0) is 14.8 Å². The second kappa shape index (κ2) is 12.3. The molecule has 12 heteroatoms. The number of nitrogens with one attached hydrogen (secondary N) is 1. The van der Waals surface area contributed by atoms with Gasteiger partial charge in [-0.3, -0.25) is 9.69 Å². The number of fused-ring (bicyclic) bond motifs is 6. The van der Waals surface area contributed by atoms with Crippen LogP contribution in [-0.4, -0.2) is 77.6 Å². The van der Waals surface area contributed by atoms with Gasteiger partial charge in [0.1, 0.15) is 11.7 Å². The van der Waals surface area contributed by atoms with E-state index in [2.05, 4.69) is 28.5 Å². The molecular formula is C33H41N5O6S. The number of carbonyl (C=O) groups excluding carboxylic acids is 2. The van der Waals surface area contributed by atoms with Crippen LogP contribution in [0.25, 0.3) is 11.3 Å². The highest BCUT2D eigenvalue weighted by Gasteiger charge is 2.40. The Kier molecular flexibility index (Phi) is 8.81. The lowest BCUT2D eigenvalue weighted by Crippen LogP contribution is -2.51. The maximum Gasteiger partial charge on any atom is 0.410 e. The maximum atomic E-state index is 13.9. The Morgan fingerprint density at radius 1 is 1.07 bits per heavy atom. The highest BCUT2D eigenvalue weighted by Crippen LogP contribution is 2.32. The fraction of sp³-hybridized carbons (Fsp3) is 0.455. The molecule has 0 spiro atoms. The van der Waals surface area contributed by atoms with Crippen molar-refractivity contribution in [1.82, 2.24) is 19.8 Å². The van der Waals surface area contributed by atoms with Crippen molar-refractivity contribution >= 4 is 28.0 Å². The third kappa shape index (κ3) is 7.22. The summed E-state index contributed by atoms with van der Waals surface area (Å²) in [4.78, 5) is 39.8. The summed E-state index contributed by atoms with van der Waals surface area (Å²) in [5, 5.41) is 0. The summed E-state index contributed by atoms with van der Waals surface area (Å²) in [6.45, 7) is 14.0. The topological polar surface area (TPSA) is 131 Å². The van der Waals surface area contributed by atoms with Gasteiger partial charge in [0.05, 0.1) is 23.2 Å². The molecule has 2 atom stereocenters. The predicted molar refractivity (Wildman–Crippen MR) is 171 cm³/mol. The van der Waals surface area contributed by atoms with E-state index in [1.807, 2.05) is 52.8 Å². The molecule has 1 fully saturated rings. The van der Waals surface area contributed by atoms with E-state index in [1.165, 1.54) is 18.2 Å². The van der Waals surface area contributed by atoms with Gasteiger partial charge in [0, 0.05) is 30.3 Å². The molecule has 45 heavy (non-hydrogen) atoms. The number of ether oxygens (including phenoxy) is 2. The normalized spacial score (nSPS) is 19.8. The smallest absolute Gasteiger partial charge is 0.410 e. The molecule has 1 saturated heterocycles. The summed E-state index contributed by atoms with van der Waals surface area (Å²) in [6.07, 6.45) is -0.651. The van der Waals surface area contributed by atoms with Crippen LogP contribution in [0.2, 0.25) is 0 Å². The molecule has 0 saturated carbocycles. The van der Waals surface area contributed by atoms with Crippen LogP contribution < -0.4 is 9.46 Å². The van der Waals surface area contributed by atoms with Crippen molar-refractivity contribution in [2.24, 2.45) is 5.92 Å². The molecule has 2 aliphatic rings. The SMILES string of the molecule is Cc1cccc(C)c1-c1cc2nc(n1)NS(=O)(=O)c1cccc(c1)C(=O)N1CCN(C(=O)OC(C)(C)C)[C@@H](CC(C)C)[C@@H](C1)O2. The maximum absolute atomic E-state index is 13.9. The van der Waals surface area contributed by atoms with Crippen LogP contribution in [0, 0.1) is 19.8 Å². The number of sulfonamides is 1. The summed E-state index contributed by atoms with van der Waals surface area (Å²) in [7, 11) is -4.17. The lowest BCUT2D eigenvalue weighted by atomic mass is 9.97. The number of hydrogen-bond donors (Lipinski definition) is 1. The summed E-state index contributed by atoms with van der Waals surface area (Å²) in [6, 6.07) is 12.9. The van der Waals surface area contributed by atoms with Gasteiger partial charge in [-0.05, 0) is 76.3 Å². The number of aryl methyl sites for hydroxylation is 2. The van der Waals surface area contributed by atoms with Gasteiger partial charge < -0.3 is 14.4 Å². The second-order valence-corrected chi connectivity index (χ2v) is 14.8. The van der Waals surface area contributed by atoms with Gasteiger partial charge in [0.15, 0.2) is 0 Å². The van der Waals surface area contributed by atoms with Crippen LogP contribution in [0.4, 0.5) is 10.7 Å². The van der Waals surface area contributed by atoms with Gasteiger partial charge in [-0.1, -0.05) is 38.1 Å². The monoisotopic (exact) mass is 635 g/mol. The molecule has 1 aromatic heterocycles. The van der Waals surface area contributed by atoms with E-state index < -0.39 is 33.9 Å². The first-order chi connectivity index (χ1) is 21.1. The summed E-state index contributed by atoms with van der Waals surface area (Å²) < 4.78 is 42.0. The molecular weight excluding hydrogens is 594 g/mol. The van der Waals surface area contributed by atoms with E-state index in [1.54, 1.807) is 21.9 Å². The third-order valence-corrected chi connectivity index (χ3v) is 9.12. The number of rotatable bonds is 3. The molecule has 2 aromatic carbocycles. The Labute approximate surface area is 265 Å². The van der Waals surface area contributed by atoms with Crippen molar-refractivity contribution in [2.45, 2.75) is 77.5 Å². The molecule has 3 aromatic rings. The molecule has 240 valence electrons. The Hall–Kier alpha value is -4.19. The highest BCUT2D eigenvalue weighted by molar-refractivity contribution is 7.92. The molecule has 11 nitrogen and oxygen atoms in total. The van der Waals surface area contributed by atoms with Crippen molar-refractivity contribution in [2.75, 3.05) is 24.4 Å². The van der Waals surface area contributed by atoms with Crippen LogP contribution in [0.3, 0.4) is 0 Å². The number of anilines is 1. The fourth-order valence-electron chi connectivity index (χ4n) is 5.83. The van der Waals surface area contributed by atoms with Crippen LogP contribution in [0.15, 0.2) is 53.4 Å². The summed E-state index contributed by atoms with van der Waals surface area (Å²) >= 11 is 0. The van der Waals surface area contributed by atoms with E-state index in [9.17, 15) is 18.0 Å². The van der Waals surface area contributed by atoms with Crippen molar-refractivity contribution < 1.29 is 27.5 Å². The zero-order valence-corrected chi connectivity index (χ0v) is 27.6. The Balaban J connectivity index is 1.71.